The van der Waals surface area contributed by atoms with E-state index in [0.29, 0.717) is 56.1 Å². The molecule has 15 heteroatoms. The highest BCUT2D eigenvalue weighted by molar-refractivity contribution is 7.13. The lowest BCUT2D eigenvalue weighted by Crippen LogP contribution is -2.38. The molecule has 2 atom stereocenters. The molecule has 0 unspecified atom stereocenters. The molecule has 0 bridgehead atoms. The molecule has 0 radical (unpaired) electrons. The van der Waals surface area contributed by atoms with Crippen LogP contribution in [-0.2, 0) is 22.5 Å². The van der Waals surface area contributed by atoms with Crippen molar-refractivity contribution in [1.82, 2.24) is 29.2 Å². The van der Waals surface area contributed by atoms with E-state index in [1.165, 1.54) is 16.0 Å². The van der Waals surface area contributed by atoms with Crippen LogP contribution in [0.4, 0.5) is 20.0 Å². The first-order valence-electron chi connectivity index (χ1n) is 15.3. The second-order valence-corrected chi connectivity index (χ2v) is 14.4. The highest BCUT2D eigenvalue weighted by atomic mass is 35.5. The van der Waals surface area contributed by atoms with Crippen molar-refractivity contribution in [2.45, 2.75) is 51.6 Å². The van der Waals surface area contributed by atoms with Gasteiger partial charge in [0.15, 0.2) is 11.2 Å². The van der Waals surface area contributed by atoms with Crippen molar-refractivity contribution < 1.29 is 18.7 Å². The van der Waals surface area contributed by atoms with Crippen LogP contribution >= 0.6 is 34.5 Å². The molecule has 1 aliphatic heterocycles. The summed E-state index contributed by atoms with van der Waals surface area (Å²) >= 11 is 15.1. The number of hydrogen-bond donors (Lipinski definition) is 1. The van der Waals surface area contributed by atoms with Gasteiger partial charge in [0.05, 0.1) is 28.6 Å². The molecule has 5 aromatic rings. The molecule has 3 aromatic heterocycles. The molecule has 2 aromatic carbocycles. The van der Waals surface area contributed by atoms with Crippen molar-refractivity contribution in [3.05, 3.63) is 75.9 Å². The number of carbonyl (C=O) groups is 2. The van der Waals surface area contributed by atoms with Crippen molar-refractivity contribution in [3.8, 4) is 11.1 Å². The zero-order valence-electron chi connectivity index (χ0n) is 27.1. The number of benzene rings is 2. The van der Waals surface area contributed by atoms with Gasteiger partial charge in [-0.2, -0.15) is 5.10 Å². The SMILES string of the molecule is CN(CCN(C)c1ccc(-c2cc(Cl)c3cn([C@@H](C(=O)Nc4nccs4)c4ncn5c4C[C@@H](F)C5)nc3c2Cl)cc1)C(=O)OC(C)(C)C. The number of nitrogens with zero attached hydrogens (tertiary/aromatic N) is 7. The first kappa shape index (κ1) is 33.7. The molecule has 2 amide bonds. The maximum Gasteiger partial charge on any atom is 0.410 e. The van der Waals surface area contributed by atoms with Gasteiger partial charge in [0.1, 0.15) is 17.3 Å². The summed E-state index contributed by atoms with van der Waals surface area (Å²) in [5, 5.41) is 11.1. The van der Waals surface area contributed by atoms with E-state index >= 15 is 0 Å². The number of aromatic nitrogens is 5. The molecule has 6 rings (SSSR count). The quantitative estimate of drug-likeness (QED) is 0.174. The number of ether oxygens (including phenoxy) is 1. The number of nitrogens with one attached hydrogen (secondary N) is 1. The number of imidazole rings is 1. The largest absolute Gasteiger partial charge is 0.444 e. The van der Waals surface area contributed by atoms with Gasteiger partial charge in [-0.1, -0.05) is 35.3 Å². The zero-order chi connectivity index (χ0) is 34.3. The van der Waals surface area contributed by atoms with Gasteiger partial charge in [-0.15, -0.1) is 11.3 Å². The third kappa shape index (κ3) is 6.99. The van der Waals surface area contributed by atoms with Gasteiger partial charge in [0, 0.05) is 73.7 Å². The molecule has 0 saturated carbocycles. The normalized spacial score (nSPS) is 15.0. The van der Waals surface area contributed by atoms with E-state index in [1.54, 1.807) is 46.7 Å². The number of thiazole rings is 1. The van der Waals surface area contributed by atoms with Crippen LogP contribution in [0.25, 0.3) is 22.0 Å². The van der Waals surface area contributed by atoms with Gasteiger partial charge in [-0.25, -0.2) is 19.2 Å². The van der Waals surface area contributed by atoms with Crippen LogP contribution in [0, 0.1) is 0 Å². The number of alkyl halides is 1. The second kappa shape index (κ2) is 13.4. The Labute approximate surface area is 291 Å². The number of anilines is 2. The lowest BCUT2D eigenvalue weighted by molar-refractivity contribution is -0.118. The Morgan fingerprint density at radius 1 is 1.17 bits per heavy atom. The van der Waals surface area contributed by atoms with E-state index in [1.807, 2.05) is 57.0 Å². The number of carbonyl (C=O) groups excluding carboxylic acids is 2. The van der Waals surface area contributed by atoms with Gasteiger partial charge in [0.25, 0.3) is 5.91 Å². The lowest BCUT2D eigenvalue weighted by Gasteiger charge is -2.27. The zero-order valence-corrected chi connectivity index (χ0v) is 29.4. The van der Waals surface area contributed by atoms with Crippen molar-refractivity contribution in [2.75, 3.05) is 37.4 Å². The molecule has 1 aliphatic rings. The van der Waals surface area contributed by atoms with E-state index in [4.69, 9.17) is 33.0 Å². The average molecular weight is 714 g/mol. The number of fused-ring (bicyclic) bond motifs is 2. The first-order valence-corrected chi connectivity index (χ1v) is 16.9. The van der Waals surface area contributed by atoms with Crippen LogP contribution in [0.5, 0.6) is 0 Å². The van der Waals surface area contributed by atoms with E-state index in [9.17, 15) is 14.0 Å². The van der Waals surface area contributed by atoms with Crippen molar-refractivity contribution in [3.63, 3.8) is 0 Å². The standard InChI is InChI=1S/C33H35Cl2FN8O3S/c1-33(2,3)47-32(46)42(5)12-11-41(4)21-8-6-19(7-9-21)22-15-24(34)23-17-44(40-27(23)26(22)35)29(30(45)39-31-37-10-13-48-31)28-25-14-20(36)16-43(25)18-38-28/h6-10,13,15,17-18,20,29H,11-12,14,16H2,1-5H3,(H,37,39,45)/t20-,29-/m1/s1. The Balaban J connectivity index is 1.27. The summed E-state index contributed by atoms with van der Waals surface area (Å²) < 4.78 is 23.0. The Morgan fingerprint density at radius 2 is 1.92 bits per heavy atom. The van der Waals surface area contributed by atoms with Crippen LogP contribution in [0.1, 0.15) is 38.2 Å². The Hall–Kier alpha value is -4.20. The molecule has 0 aliphatic carbocycles. The van der Waals surface area contributed by atoms with Crippen LogP contribution < -0.4 is 10.2 Å². The topological polar surface area (TPSA) is 110 Å². The summed E-state index contributed by atoms with van der Waals surface area (Å²) in [7, 11) is 3.66. The van der Waals surface area contributed by atoms with Gasteiger partial charge in [0.2, 0.25) is 0 Å². The number of likely N-dealkylation sites (N-methyl/N-ethyl adjacent to an activating group) is 2. The average Bonchev–Trinajstić information content (AvgIpc) is 3.84. The molecule has 4 heterocycles. The molecule has 252 valence electrons. The minimum absolute atomic E-state index is 0.147. The molecule has 1 N–H and O–H groups in total. The van der Waals surface area contributed by atoms with Gasteiger partial charge in [-0.05, 0) is 44.5 Å². The third-order valence-electron chi connectivity index (χ3n) is 8.02. The Bertz CT molecular complexity index is 1960. The number of halogens is 3. The first-order chi connectivity index (χ1) is 22.8. The van der Waals surface area contributed by atoms with Gasteiger partial charge >= 0.3 is 6.09 Å². The summed E-state index contributed by atoms with van der Waals surface area (Å²) in [5.41, 5.74) is 3.34. The molecule has 48 heavy (non-hydrogen) atoms. The number of hydrogen-bond acceptors (Lipinski definition) is 8. The van der Waals surface area contributed by atoms with Gasteiger partial charge < -0.3 is 19.1 Å². The predicted molar refractivity (Wildman–Crippen MR) is 187 cm³/mol. The Kier molecular flexibility index (Phi) is 9.38. The monoisotopic (exact) mass is 712 g/mol. The highest BCUT2D eigenvalue weighted by Gasteiger charge is 2.34. The lowest BCUT2D eigenvalue weighted by atomic mass is 10.0. The van der Waals surface area contributed by atoms with Crippen LogP contribution in [0.3, 0.4) is 0 Å². The fraction of sp³-hybridized carbons (Fsp3) is 0.364. The summed E-state index contributed by atoms with van der Waals surface area (Å²) in [6, 6.07) is 8.56. The fourth-order valence-corrected chi connectivity index (χ4v) is 6.65. The van der Waals surface area contributed by atoms with Crippen molar-refractivity contribution in [2.24, 2.45) is 0 Å². The Morgan fingerprint density at radius 3 is 2.60 bits per heavy atom. The van der Waals surface area contributed by atoms with Crippen LogP contribution in [0.15, 0.2) is 54.4 Å². The fourth-order valence-electron chi connectivity index (χ4n) is 5.57. The van der Waals surface area contributed by atoms with E-state index in [0.717, 1.165) is 11.3 Å². The molecule has 0 spiro atoms. The summed E-state index contributed by atoms with van der Waals surface area (Å²) in [6.07, 6.45) is 3.53. The predicted octanol–water partition coefficient (Wildman–Crippen LogP) is 7.09. The van der Waals surface area contributed by atoms with Crippen molar-refractivity contribution in [1.29, 1.82) is 0 Å². The minimum atomic E-state index is -1.06. The maximum absolute atomic E-state index is 14.4. The molecule has 0 fully saturated rings. The van der Waals surface area contributed by atoms with Crippen molar-refractivity contribution >= 4 is 68.3 Å². The molecule has 0 saturated heterocycles. The molecule has 11 nitrogen and oxygen atoms in total. The van der Waals surface area contributed by atoms with Crippen LogP contribution in [-0.4, -0.2) is 80.2 Å². The number of amides is 2. The summed E-state index contributed by atoms with van der Waals surface area (Å²) in [5.74, 6) is -0.425. The van der Waals surface area contributed by atoms with E-state index < -0.39 is 23.7 Å². The second-order valence-electron chi connectivity index (χ2n) is 12.7. The third-order valence-corrected chi connectivity index (χ3v) is 9.41. The number of rotatable bonds is 9. The minimum Gasteiger partial charge on any atom is -0.444 e. The van der Waals surface area contributed by atoms with Gasteiger partial charge in [-0.3, -0.25) is 14.8 Å². The van der Waals surface area contributed by atoms with E-state index in [-0.39, 0.29) is 19.1 Å². The summed E-state index contributed by atoms with van der Waals surface area (Å²) in [4.78, 5) is 38.3. The smallest absolute Gasteiger partial charge is 0.410 e. The maximum atomic E-state index is 14.4. The van der Waals surface area contributed by atoms with Crippen LogP contribution in [0.2, 0.25) is 10.0 Å². The molecular weight excluding hydrogens is 678 g/mol. The summed E-state index contributed by atoms with van der Waals surface area (Å²) in [6.45, 7) is 6.77. The molecular formula is C33H35Cl2FN8O3S. The van der Waals surface area contributed by atoms with E-state index in [2.05, 4.69) is 15.3 Å². The highest BCUT2D eigenvalue weighted by Crippen LogP contribution is 2.40.